The van der Waals surface area contributed by atoms with Crippen LogP contribution in [0.2, 0.25) is 0 Å². The molecule has 3 aromatic carbocycles. The Kier molecular flexibility index (Phi) is 6.18. The minimum atomic E-state index is -0.360. The number of hydrogen-bond acceptors (Lipinski definition) is 3. The zero-order valence-corrected chi connectivity index (χ0v) is 14.5. The van der Waals surface area contributed by atoms with Crippen LogP contribution < -0.4 is 0 Å². The highest BCUT2D eigenvalue weighted by Crippen LogP contribution is 2.31. The van der Waals surface area contributed by atoms with E-state index in [1.54, 1.807) is 12.1 Å². The summed E-state index contributed by atoms with van der Waals surface area (Å²) in [5.74, 6) is -0.252. The van der Waals surface area contributed by atoms with Crippen LogP contribution in [0.15, 0.2) is 84.9 Å². The molecule has 0 aromatic heterocycles. The average Bonchev–Trinajstić information content (AvgIpc) is 2.70. The SMILES string of the molecule is O=C(OCCCO)c1ccc(C(c2ccccc2)c2ccccc2)cc1. The van der Waals surface area contributed by atoms with Gasteiger partial charge in [-0.2, -0.15) is 0 Å². The third kappa shape index (κ3) is 4.38. The molecule has 0 radical (unpaired) electrons. The lowest BCUT2D eigenvalue weighted by Crippen LogP contribution is -2.08. The quantitative estimate of drug-likeness (QED) is 0.392. The second-order valence-electron chi connectivity index (χ2n) is 6.09. The van der Waals surface area contributed by atoms with E-state index in [4.69, 9.17) is 9.84 Å². The largest absolute Gasteiger partial charge is 0.462 e. The highest BCUT2D eigenvalue weighted by Gasteiger charge is 2.17. The second-order valence-corrected chi connectivity index (χ2v) is 6.09. The number of hydrogen-bond donors (Lipinski definition) is 1. The van der Waals surface area contributed by atoms with Crippen LogP contribution in [0.3, 0.4) is 0 Å². The Hall–Kier alpha value is -2.91. The van der Waals surface area contributed by atoms with Crippen molar-refractivity contribution in [3.05, 3.63) is 107 Å². The van der Waals surface area contributed by atoms with Crippen molar-refractivity contribution in [3.63, 3.8) is 0 Å². The van der Waals surface area contributed by atoms with Crippen LogP contribution in [0.25, 0.3) is 0 Å². The first-order valence-corrected chi connectivity index (χ1v) is 8.77. The van der Waals surface area contributed by atoms with Crippen molar-refractivity contribution in [3.8, 4) is 0 Å². The van der Waals surface area contributed by atoms with Gasteiger partial charge in [0.25, 0.3) is 0 Å². The Morgan fingerprint density at radius 3 is 1.77 bits per heavy atom. The fourth-order valence-electron chi connectivity index (χ4n) is 2.99. The topological polar surface area (TPSA) is 46.5 Å². The number of rotatable bonds is 7. The van der Waals surface area contributed by atoms with Crippen molar-refractivity contribution >= 4 is 5.97 Å². The third-order valence-corrected chi connectivity index (χ3v) is 4.28. The lowest BCUT2D eigenvalue weighted by atomic mass is 9.85. The van der Waals surface area contributed by atoms with Crippen LogP contribution in [0.1, 0.15) is 39.4 Å². The van der Waals surface area contributed by atoms with Crippen molar-refractivity contribution in [2.75, 3.05) is 13.2 Å². The summed E-state index contributed by atoms with van der Waals surface area (Å²) < 4.78 is 5.14. The summed E-state index contributed by atoms with van der Waals surface area (Å²) in [7, 11) is 0. The molecular formula is C23H22O3. The molecule has 3 heteroatoms. The molecule has 3 nitrogen and oxygen atoms in total. The molecule has 0 spiro atoms. The summed E-state index contributed by atoms with van der Waals surface area (Å²) in [5.41, 5.74) is 4.05. The molecule has 0 atom stereocenters. The first-order chi connectivity index (χ1) is 12.8. The van der Waals surface area contributed by atoms with Crippen LogP contribution in [0.4, 0.5) is 0 Å². The Morgan fingerprint density at radius 2 is 1.27 bits per heavy atom. The molecule has 0 aliphatic carbocycles. The van der Waals surface area contributed by atoms with E-state index in [9.17, 15) is 4.79 Å². The van der Waals surface area contributed by atoms with Gasteiger partial charge in [0.05, 0.1) is 12.2 Å². The molecule has 1 N–H and O–H groups in total. The van der Waals surface area contributed by atoms with E-state index in [1.165, 1.54) is 11.1 Å². The van der Waals surface area contributed by atoms with Crippen LogP contribution in [0.5, 0.6) is 0 Å². The maximum Gasteiger partial charge on any atom is 0.338 e. The summed E-state index contributed by atoms with van der Waals surface area (Å²) in [6, 6.07) is 28.2. The van der Waals surface area contributed by atoms with Gasteiger partial charge in [-0.1, -0.05) is 72.8 Å². The Labute approximate surface area is 153 Å². The van der Waals surface area contributed by atoms with Gasteiger partial charge in [-0.15, -0.1) is 0 Å². The molecule has 0 heterocycles. The first kappa shape index (κ1) is 17.9. The van der Waals surface area contributed by atoms with Gasteiger partial charge in [0, 0.05) is 18.9 Å². The normalized spacial score (nSPS) is 10.7. The Bertz CT molecular complexity index is 772. The Morgan fingerprint density at radius 1 is 0.769 bits per heavy atom. The van der Waals surface area contributed by atoms with Crippen LogP contribution in [0, 0.1) is 0 Å². The minimum absolute atomic E-state index is 0.0159. The van der Waals surface area contributed by atoms with Crippen molar-refractivity contribution in [2.45, 2.75) is 12.3 Å². The predicted octanol–water partition coefficient (Wildman–Crippen LogP) is 4.41. The zero-order chi connectivity index (χ0) is 18.2. The molecule has 0 bridgehead atoms. The van der Waals surface area contributed by atoms with Crippen LogP contribution >= 0.6 is 0 Å². The molecule has 0 aliphatic rings. The van der Waals surface area contributed by atoms with Gasteiger partial charge in [-0.25, -0.2) is 4.79 Å². The molecular weight excluding hydrogens is 324 g/mol. The van der Waals surface area contributed by atoms with Gasteiger partial charge in [0.15, 0.2) is 0 Å². The van der Waals surface area contributed by atoms with Crippen molar-refractivity contribution in [2.24, 2.45) is 0 Å². The molecule has 3 rings (SSSR count). The standard InChI is InChI=1S/C23H22O3/c24-16-7-17-26-23(25)21-14-12-20(13-15-21)22(18-8-3-1-4-9-18)19-10-5-2-6-11-19/h1-6,8-15,22,24H,7,16-17H2. The Balaban J connectivity index is 1.87. The highest BCUT2D eigenvalue weighted by molar-refractivity contribution is 5.89. The van der Waals surface area contributed by atoms with E-state index < -0.39 is 0 Å². The van der Waals surface area contributed by atoms with Crippen molar-refractivity contribution in [1.29, 1.82) is 0 Å². The summed E-state index contributed by atoms with van der Waals surface area (Å²) in [6.07, 6.45) is 0.452. The van der Waals surface area contributed by atoms with Crippen LogP contribution in [-0.2, 0) is 4.74 Å². The molecule has 0 fully saturated rings. The number of carbonyl (C=O) groups excluding carboxylic acids is 1. The van der Waals surface area contributed by atoms with Crippen molar-refractivity contribution < 1.29 is 14.6 Å². The number of esters is 1. The van der Waals surface area contributed by atoms with E-state index >= 15 is 0 Å². The van der Waals surface area contributed by atoms with E-state index in [0.29, 0.717) is 12.0 Å². The smallest absolute Gasteiger partial charge is 0.338 e. The number of aliphatic hydroxyl groups is 1. The van der Waals surface area contributed by atoms with Gasteiger partial charge >= 0.3 is 5.97 Å². The van der Waals surface area contributed by atoms with Crippen LogP contribution in [-0.4, -0.2) is 24.3 Å². The van der Waals surface area contributed by atoms with Crippen molar-refractivity contribution in [1.82, 2.24) is 0 Å². The summed E-state index contributed by atoms with van der Waals surface area (Å²) in [5, 5.41) is 8.77. The van der Waals surface area contributed by atoms with E-state index in [-0.39, 0.29) is 25.1 Å². The monoisotopic (exact) mass is 346 g/mol. The summed E-state index contributed by atoms with van der Waals surface area (Å²) >= 11 is 0. The average molecular weight is 346 g/mol. The molecule has 132 valence electrons. The number of benzene rings is 3. The lowest BCUT2D eigenvalue weighted by Gasteiger charge is -2.19. The third-order valence-electron chi connectivity index (χ3n) is 4.28. The molecule has 26 heavy (non-hydrogen) atoms. The van der Waals surface area contributed by atoms with Gasteiger partial charge in [-0.05, 0) is 28.8 Å². The molecule has 3 aromatic rings. The molecule has 0 unspecified atom stereocenters. The number of aliphatic hydroxyl groups excluding tert-OH is 1. The number of ether oxygens (including phenoxy) is 1. The fourth-order valence-corrected chi connectivity index (χ4v) is 2.99. The van der Waals surface area contributed by atoms with E-state index in [1.807, 2.05) is 48.5 Å². The maximum atomic E-state index is 12.0. The lowest BCUT2D eigenvalue weighted by molar-refractivity contribution is 0.0482. The van der Waals surface area contributed by atoms with E-state index in [0.717, 1.165) is 5.56 Å². The molecule has 0 saturated heterocycles. The van der Waals surface area contributed by atoms with Gasteiger partial charge < -0.3 is 9.84 Å². The van der Waals surface area contributed by atoms with Gasteiger partial charge in [-0.3, -0.25) is 0 Å². The molecule has 0 aliphatic heterocycles. The first-order valence-electron chi connectivity index (χ1n) is 8.77. The van der Waals surface area contributed by atoms with E-state index in [2.05, 4.69) is 24.3 Å². The predicted molar refractivity (Wildman–Crippen MR) is 102 cm³/mol. The fraction of sp³-hybridized carbons (Fsp3) is 0.174. The van der Waals surface area contributed by atoms with Gasteiger partial charge in [0.2, 0.25) is 0 Å². The number of carbonyl (C=O) groups is 1. The van der Waals surface area contributed by atoms with Gasteiger partial charge in [0.1, 0.15) is 0 Å². The highest BCUT2D eigenvalue weighted by atomic mass is 16.5. The maximum absolute atomic E-state index is 12.0. The summed E-state index contributed by atoms with van der Waals surface area (Å²) in [6.45, 7) is 0.246. The second kappa shape index (κ2) is 8.97. The molecule has 0 saturated carbocycles. The summed E-state index contributed by atoms with van der Waals surface area (Å²) in [4.78, 5) is 12.0. The minimum Gasteiger partial charge on any atom is -0.462 e. The molecule has 0 amide bonds. The zero-order valence-electron chi connectivity index (χ0n) is 14.5.